The molecule has 0 amide bonds. The molecular formula is C21H26O9. The number of hydrogen-bond donors (Lipinski definition) is 0. The highest BCUT2D eigenvalue weighted by atomic mass is 16.8. The van der Waals surface area contributed by atoms with Gasteiger partial charge in [0.1, 0.15) is 18.7 Å². The van der Waals surface area contributed by atoms with Crippen molar-refractivity contribution in [2.24, 2.45) is 22.2 Å². The van der Waals surface area contributed by atoms with Gasteiger partial charge in [0.25, 0.3) is 0 Å². The molecule has 164 valence electrons. The molecule has 30 heavy (non-hydrogen) atoms. The van der Waals surface area contributed by atoms with Crippen LogP contribution in [0, 0.1) is 22.2 Å². The highest BCUT2D eigenvalue weighted by Crippen LogP contribution is 2.82. The minimum atomic E-state index is -1.64. The molecule has 2 unspecified atom stereocenters. The summed E-state index contributed by atoms with van der Waals surface area (Å²) in [7, 11) is 1.47. The number of rotatable bonds is 4. The second-order valence-electron chi connectivity index (χ2n) is 9.84. The number of methoxy groups -OCH3 is 1. The maximum absolute atomic E-state index is 13.2. The number of ether oxygens (including phenoxy) is 6. The molecule has 0 radical (unpaired) electrons. The van der Waals surface area contributed by atoms with Crippen LogP contribution in [0.1, 0.15) is 40.5 Å². The summed E-state index contributed by atoms with van der Waals surface area (Å²) >= 11 is 0. The van der Waals surface area contributed by atoms with E-state index < -0.39 is 52.8 Å². The van der Waals surface area contributed by atoms with Crippen molar-refractivity contribution in [1.82, 2.24) is 0 Å². The molecular weight excluding hydrogens is 396 g/mol. The van der Waals surface area contributed by atoms with Gasteiger partial charge in [0.15, 0.2) is 6.10 Å². The Morgan fingerprint density at radius 1 is 1.27 bits per heavy atom. The summed E-state index contributed by atoms with van der Waals surface area (Å²) in [6.07, 6.45) is 0.0479. The van der Waals surface area contributed by atoms with Crippen LogP contribution in [0.15, 0.2) is 11.8 Å². The van der Waals surface area contributed by atoms with E-state index in [1.165, 1.54) is 14.0 Å². The Kier molecular flexibility index (Phi) is 3.88. The van der Waals surface area contributed by atoms with Gasteiger partial charge >= 0.3 is 17.9 Å². The first-order chi connectivity index (χ1) is 14.1. The lowest BCUT2D eigenvalue weighted by Crippen LogP contribution is -2.59. The van der Waals surface area contributed by atoms with Crippen molar-refractivity contribution in [3.8, 4) is 0 Å². The highest BCUT2D eigenvalue weighted by Gasteiger charge is 2.95. The fourth-order valence-electron chi connectivity index (χ4n) is 6.99. The average Bonchev–Trinajstić information content (AvgIpc) is 3.31. The first-order valence-corrected chi connectivity index (χ1v) is 10.2. The predicted molar refractivity (Wildman–Crippen MR) is 97.2 cm³/mol. The fourth-order valence-corrected chi connectivity index (χ4v) is 6.99. The Morgan fingerprint density at radius 3 is 2.63 bits per heavy atom. The van der Waals surface area contributed by atoms with Gasteiger partial charge < -0.3 is 28.4 Å². The lowest BCUT2D eigenvalue weighted by molar-refractivity contribution is -0.196. The zero-order valence-electron chi connectivity index (χ0n) is 17.7. The van der Waals surface area contributed by atoms with Gasteiger partial charge in [0, 0.05) is 14.0 Å². The summed E-state index contributed by atoms with van der Waals surface area (Å²) in [6.45, 7) is 7.39. The largest absolute Gasteiger partial charge is 0.459 e. The molecule has 3 heterocycles. The molecule has 3 saturated heterocycles. The van der Waals surface area contributed by atoms with Gasteiger partial charge in [0.05, 0.1) is 10.8 Å². The predicted octanol–water partition coefficient (Wildman–Crippen LogP) is 1.44. The van der Waals surface area contributed by atoms with Crippen LogP contribution in [-0.4, -0.2) is 55.9 Å². The van der Waals surface area contributed by atoms with Gasteiger partial charge in [-0.15, -0.1) is 0 Å². The van der Waals surface area contributed by atoms with Crippen LogP contribution < -0.4 is 0 Å². The van der Waals surface area contributed by atoms with E-state index in [0.29, 0.717) is 12.8 Å². The smallest absolute Gasteiger partial charge is 0.347 e. The third-order valence-corrected chi connectivity index (χ3v) is 7.67. The Labute approximate surface area is 173 Å². The van der Waals surface area contributed by atoms with E-state index >= 15 is 0 Å². The SMILES string of the molecule is COCO[C@H]1C(=O)O[C@H]2O[C@]34C(=O)O[C@@H]5C[C@@H](C(C)(C)C)C21C53CC=C4OC(C)=O. The zero-order chi connectivity index (χ0) is 21.7. The van der Waals surface area contributed by atoms with Gasteiger partial charge in [-0.1, -0.05) is 20.8 Å². The first kappa shape index (κ1) is 20.0. The van der Waals surface area contributed by atoms with Gasteiger partial charge in [-0.3, -0.25) is 4.79 Å². The second-order valence-corrected chi connectivity index (χ2v) is 9.84. The molecule has 2 spiro atoms. The fraction of sp³-hybridized carbons (Fsp3) is 0.762. The van der Waals surface area contributed by atoms with Crippen LogP contribution in [-0.2, 0) is 42.8 Å². The highest BCUT2D eigenvalue weighted by molar-refractivity contribution is 5.92. The van der Waals surface area contributed by atoms with Gasteiger partial charge in [-0.2, -0.15) is 0 Å². The van der Waals surface area contributed by atoms with Crippen molar-refractivity contribution in [3.63, 3.8) is 0 Å². The third-order valence-electron chi connectivity index (χ3n) is 7.67. The van der Waals surface area contributed by atoms with E-state index in [4.69, 9.17) is 28.4 Å². The molecule has 9 nitrogen and oxygen atoms in total. The lowest BCUT2D eigenvalue weighted by Gasteiger charge is -2.46. The topological polar surface area (TPSA) is 107 Å². The van der Waals surface area contributed by atoms with Crippen LogP contribution >= 0.6 is 0 Å². The Hall–Kier alpha value is -1.97. The molecule has 0 bridgehead atoms. The van der Waals surface area contributed by atoms with Crippen molar-refractivity contribution < 1.29 is 42.8 Å². The summed E-state index contributed by atoms with van der Waals surface area (Å²) in [5.74, 6) is -1.73. The molecule has 5 rings (SSSR count). The minimum Gasteiger partial charge on any atom is -0.459 e. The number of allylic oxidation sites excluding steroid dienone is 1. The van der Waals surface area contributed by atoms with Gasteiger partial charge in [-0.05, 0) is 30.3 Å². The average molecular weight is 422 g/mol. The Bertz CT molecular complexity index is 872. The van der Waals surface area contributed by atoms with Crippen molar-refractivity contribution in [2.75, 3.05) is 13.9 Å². The molecule has 2 aliphatic carbocycles. The summed E-state index contributed by atoms with van der Waals surface area (Å²) < 4.78 is 34.3. The van der Waals surface area contributed by atoms with Crippen molar-refractivity contribution in [2.45, 2.75) is 64.6 Å². The van der Waals surface area contributed by atoms with Crippen LogP contribution in [0.5, 0.6) is 0 Å². The maximum atomic E-state index is 13.2. The normalized spacial score (nSPS) is 45.6. The summed E-state index contributed by atoms with van der Waals surface area (Å²) in [4.78, 5) is 38.0. The van der Waals surface area contributed by atoms with Crippen molar-refractivity contribution in [1.29, 1.82) is 0 Å². The minimum absolute atomic E-state index is 0.113. The molecule has 1 saturated carbocycles. The first-order valence-electron chi connectivity index (χ1n) is 10.2. The summed E-state index contributed by atoms with van der Waals surface area (Å²) in [5, 5.41) is 0. The maximum Gasteiger partial charge on any atom is 0.347 e. The molecule has 7 atom stereocenters. The molecule has 3 aliphatic heterocycles. The lowest BCUT2D eigenvalue weighted by atomic mass is 9.52. The zero-order valence-corrected chi connectivity index (χ0v) is 17.7. The Morgan fingerprint density at radius 2 is 2.00 bits per heavy atom. The molecule has 0 aromatic carbocycles. The summed E-state index contributed by atoms with van der Waals surface area (Å²) in [6, 6.07) is 0. The number of esters is 3. The van der Waals surface area contributed by atoms with Gasteiger partial charge in [0.2, 0.25) is 11.9 Å². The molecule has 5 aliphatic rings. The van der Waals surface area contributed by atoms with Crippen LogP contribution in [0.2, 0.25) is 0 Å². The molecule has 0 aromatic heterocycles. The van der Waals surface area contributed by atoms with E-state index in [-0.39, 0.29) is 23.9 Å². The Balaban J connectivity index is 1.75. The monoisotopic (exact) mass is 422 g/mol. The number of carbonyl (C=O) groups is 3. The molecule has 4 fully saturated rings. The van der Waals surface area contributed by atoms with E-state index in [2.05, 4.69) is 20.8 Å². The van der Waals surface area contributed by atoms with Crippen molar-refractivity contribution in [3.05, 3.63) is 11.8 Å². The van der Waals surface area contributed by atoms with Gasteiger partial charge in [-0.25, -0.2) is 9.59 Å². The van der Waals surface area contributed by atoms with Crippen LogP contribution in [0.25, 0.3) is 0 Å². The quantitative estimate of drug-likeness (QED) is 0.378. The van der Waals surface area contributed by atoms with Crippen LogP contribution in [0.4, 0.5) is 0 Å². The van der Waals surface area contributed by atoms with E-state index in [1.807, 2.05) is 0 Å². The summed E-state index contributed by atoms with van der Waals surface area (Å²) in [5.41, 5.74) is -3.90. The van der Waals surface area contributed by atoms with E-state index in [1.54, 1.807) is 6.08 Å². The van der Waals surface area contributed by atoms with E-state index in [9.17, 15) is 14.4 Å². The molecule has 0 aromatic rings. The van der Waals surface area contributed by atoms with E-state index in [0.717, 1.165) is 0 Å². The van der Waals surface area contributed by atoms with Crippen molar-refractivity contribution >= 4 is 17.9 Å². The molecule has 9 heteroatoms. The third kappa shape index (κ3) is 1.88. The molecule has 0 N–H and O–H groups in total. The van der Waals surface area contributed by atoms with Crippen LogP contribution in [0.3, 0.4) is 0 Å². The second kappa shape index (κ2) is 5.83. The number of carbonyl (C=O) groups excluding carboxylic acids is 3. The number of hydrogen-bond acceptors (Lipinski definition) is 9. The standard InChI is InChI=1S/C21H26O9/c1-10(22)27-12-6-7-19-13-8-11(18(2,3)4)20(19)14(26-9-25-5)15(23)29-17(20)30-21(12,19)16(24)28-13/h6,11,13-14,17H,7-9H2,1-5H3/t11-,13+,14-,17-,19?,20?,21+/m0/s1.